The van der Waals surface area contributed by atoms with Crippen molar-refractivity contribution in [3.05, 3.63) is 80.7 Å². The first-order valence-electron chi connectivity index (χ1n) is 10.8. The molecule has 3 N–H and O–H groups in total. The molecule has 4 rings (SSSR count). The number of benzene rings is 2. The smallest absolute Gasteiger partial charge is 0.391 e. The molecule has 34 heavy (non-hydrogen) atoms. The molecule has 0 aliphatic heterocycles. The van der Waals surface area contributed by atoms with Crippen molar-refractivity contribution in [3.8, 4) is 0 Å². The van der Waals surface area contributed by atoms with Crippen LogP contribution in [-0.2, 0) is 28.5 Å². The van der Waals surface area contributed by atoms with Crippen molar-refractivity contribution in [1.29, 1.82) is 0 Å². The minimum atomic E-state index is -4.61. The molecule has 2 atom stereocenters. The molecule has 0 spiro atoms. The van der Waals surface area contributed by atoms with E-state index in [1.807, 2.05) is 18.2 Å². The van der Waals surface area contributed by atoms with E-state index < -0.39 is 55.4 Å². The van der Waals surface area contributed by atoms with Gasteiger partial charge < -0.3 is 9.52 Å². The first kappa shape index (κ1) is 24.2. The second-order valence-corrected chi connectivity index (χ2v) is 10.7. The summed E-state index contributed by atoms with van der Waals surface area (Å²) in [6, 6.07) is 6.14. The van der Waals surface area contributed by atoms with Crippen molar-refractivity contribution in [1.82, 2.24) is 14.9 Å². The Morgan fingerprint density at radius 3 is 2.59 bits per heavy atom. The lowest BCUT2D eigenvalue weighted by atomic mass is 9.88. The molecular formula is C23H25F2N3O5S. The first-order valence-corrected chi connectivity index (χ1v) is 12.3. The number of hydrogen-bond donors (Lipinski definition) is 3. The van der Waals surface area contributed by atoms with Gasteiger partial charge in [-0.3, -0.25) is 0 Å². The van der Waals surface area contributed by atoms with E-state index in [1.54, 1.807) is 6.92 Å². The highest BCUT2D eigenvalue weighted by Gasteiger charge is 2.36. The van der Waals surface area contributed by atoms with Gasteiger partial charge in [0.05, 0.1) is 11.2 Å². The van der Waals surface area contributed by atoms with Gasteiger partial charge >= 0.3 is 5.76 Å². The van der Waals surface area contributed by atoms with Gasteiger partial charge in [-0.05, 0) is 61.9 Å². The topological polar surface area (TPSA) is 125 Å². The molecule has 0 bridgehead atoms. The number of sulfonamides is 1. The summed E-state index contributed by atoms with van der Waals surface area (Å²) in [6.45, 7) is 4.05. The minimum Gasteiger partial charge on any atom is -0.391 e. The fourth-order valence-corrected chi connectivity index (χ4v) is 5.88. The Labute approximate surface area is 195 Å². The number of H-pyrrole nitrogens is 1. The number of aromatic amines is 1. The van der Waals surface area contributed by atoms with Gasteiger partial charge in [-0.15, -0.1) is 5.10 Å². The Morgan fingerprint density at radius 2 is 1.94 bits per heavy atom. The number of aliphatic hydroxyl groups is 1. The number of nitrogens with one attached hydrogen (secondary N) is 2. The maximum Gasteiger partial charge on any atom is 0.434 e. The van der Waals surface area contributed by atoms with E-state index in [9.17, 15) is 22.7 Å². The van der Waals surface area contributed by atoms with Crippen LogP contribution in [0.4, 0.5) is 8.78 Å². The van der Waals surface area contributed by atoms with E-state index in [-0.39, 0.29) is 5.89 Å². The van der Waals surface area contributed by atoms with Crippen molar-refractivity contribution in [2.75, 3.05) is 0 Å². The first-order chi connectivity index (χ1) is 15.9. The highest BCUT2D eigenvalue weighted by atomic mass is 32.2. The number of hydrogen-bond acceptors (Lipinski definition) is 6. The van der Waals surface area contributed by atoms with Crippen LogP contribution in [0, 0.1) is 11.6 Å². The van der Waals surface area contributed by atoms with Gasteiger partial charge in [-0.25, -0.2) is 27.1 Å². The Hall–Kier alpha value is -2.89. The summed E-state index contributed by atoms with van der Waals surface area (Å²) < 4.78 is 63.4. The summed E-state index contributed by atoms with van der Waals surface area (Å²) in [7, 11) is -4.61. The van der Waals surface area contributed by atoms with Crippen LogP contribution in [-0.4, -0.2) is 23.7 Å². The zero-order valence-corrected chi connectivity index (χ0v) is 19.7. The number of nitrogens with zero attached hydrogens (tertiary/aromatic N) is 1. The van der Waals surface area contributed by atoms with Crippen LogP contribution in [0.5, 0.6) is 0 Å². The summed E-state index contributed by atoms with van der Waals surface area (Å²) in [4.78, 5) is 10.8. The third-order valence-electron chi connectivity index (χ3n) is 6.13. The van der Waals surface area contributed by atoms with Crippen LogP contribution >= 0.6 is 0 Å². The molecule has 3 aromatic rings. The number of fused-ring (bicyclic) bond motifs is 1. The molecule has 2 aromatic carbocycles. The van der Waals surface area contributed by atoms with Crippen LogP contribution in [0.1, 0.15) is 67.3 Å². The lowest BCUT2D eigenvalue weighted by molar-refractivity contribution is 0.0696. The van der Waals surface area contributed by atoms with Crippen molar-refractivity contribution < 1.29 is 26.7 Å². The maximum absolute atomic E-state index is 15.2. The van der Waals surface area contributed by atoms with Gasteiger partial charge in [0.25, 0.3) is 0 Å². The Morgan fingerprint density at radius 1 is 1.21 bits per heavy atom. The van der Waals surface area contributed by atoms with Crippen molar-refractivity contribution in [2.45, 2.75) is 62.5 Å². The van der Waals surface area contributed by atoms with E-state index in [4.69, 9.17) is 4.42 Å². The molecule has 0 saturated carbocycles. The maximum atomic E-state index is 15.2. The average Bonchev–Trinajstić information content (AvgIpc) is 3.39. The zero-order valence-electron chi connectivity index (χ0n) is 18.9. The average molecular weight is 494 g/mol. The summed E-state index contributed by atoms with van der Waals surface area (Å²) in [5, 5.41) is 16.1. The van der Waals surface area contributed by atoms with Gasteiger partial charge in [-0.1, -0.05) is 25.1 Å². The third kappa shape index (κ3) is 4.42. The van der Waals surface area contributed by atoms with E-state index in [0.717, 1.165) is 61.9 Å². The molecular weight excluding hydrogens is 468 g/mol. The molecule has 1 aliphatic carbocycles. The number of aryl methyl sites for hydroxylation is 1. The van der Waals surface area contributed by atoms with Crippen molar-refractivity contribution >= 4 is 10.0 Å². The van der Waals surface area contributed by atoms with E-state index in [0.29, 0.717) is 0 Å². The van der Waals surface area contributed by atoms with Crippen molar-refractivity contribution in [2.24, 2.45) is 0 Å². The number of aromatic nitrogens is 2. The molecule has 11 heteroatoms. The van der Waals surface area contributed by atoms with Gasteiger partial charge in [0.2, 0.25) is 15.9 Å². The fraction of sp³-hybridized carbons (Fsp3) is 0.391. The summed E-state index contributed by atoms with van der Waals surface area (Å²) >= 11 is 0. The third-order valence-corrected chi connectivity index (χ3v) is 7.59. The van der Waals surface area contributed by atoms with Crippen LogP contribution < -0.4 is 10.5 Å². The highest BCUT2D eigenvalue weighted by Crippen LogP contribution is 2.37. The summed E-state index contributed by atoms with van der Waals surface area (Å²) in [5.74, 6) is -4.13. The summed E-state index contributed by atoms with van der Waals surface area (Å²) in [5.41, 5.74) is 0.367. The lowest BCUT2D eigenvalue weighted by Crippen LogP contribution is -2.34. The lowest BCUT2D eigenvalue weighted by Gasteiger charge is -2.25. The minimum absolute atomic E-state index is 0.220. The molecule has 1 aromatic heterocycles. The normalized spacial score (nSPS) is 15.8. The van der Waals surface area contributed by atoms with Gasteiger partial charge in [0, 0.05) is 5.92 Å². The fourth-order valence-electron chi connectivity index (χ4n) is 4.53. The molecule has 1 aliphatic rings. The molecule has 0 radical (unpaired) electrons. The number of halogens is 2. The monoisotopic (exact) mass is 493 g/mol. The second-order valence-electron chi connectivity index (χ2n) is 8.97. The Balaban J connectivity index is 1.79. The Kier molecular flexibility index (Phi) is 6.21. The van der Waals surface area contributed by atoms with E-state index in [2.05, 4.69) is 14.9 Å². The predicted molar refractivity (Wildman–Crippen MR) is 119 cm³/mol. The molecule has 0 saturated heterocycles. The van der Waals surface area contributed by atoms with Crippen molar-refractivity contribution in [3.63, 3.8) is 0 Å². The quantitative estimate of drug-likeness (QED) is 0.464. The van der Waals surface area contributed by atoms with Crippen LogP contribution in [0.15, 0.2) is 44.4 Å². The molecule has 8 nitrogen and oxygen atoms in total. The molecule has 0 amide bonds. The number of rotatable bonds is 7. The van der Waals surface area contributed by atoms with Gasteiger partial charge in [0.1, 0.15) is 16.8 Å². The highest BCUT2D eigenvalue weighted by molar-refractivity contribution is 7.89. The summed E-state index contributed by atoms with van der Waals surface area (Å²) in [6.07, 6.45) is 2.69. The van der Waals surface area contributed by atoms with Gasteiger partial charge in [0.15, 0.2) is 5.82 Å². The predicted octanol–water partition coefficient (Wildman–Crippen LogP) is 3.18. The molecule has 1 heterocycles. The van der Waals surface area contributed by atoms with Crippen LogP contribution in [0.2, 0.25) is 0 Å². The SMILES string of the molecule is CC(c1cccc2c1CCC2)C(NS(=O)(=O)c1ccc(F)c(C(C)(C)O)c1F)c1n[nH]c(=O)o1. The Bertz CT molecular complexity index is 1390. The van der Waals surface area contributed by atoms with Gasteiger partial charge in [-0.2, -0.15) is 4.72 Å². The zero-order chi connectivity index (χ0) is 24.8. The standard InChI is InChI=1S/C23H25F2N3O5S/c1-12(14-8-4-6-13-7-5-9-15(13)14)20(21-26-27-22(29)33-21)28-34(31,32)17-11-10-16(24)18(19(17)25)23(2,3)30/h4,6,8,10-12,20,28,30H,5,7,9H2,1-3H3,(H,27,29). The molecule has 0 fully saturated rings. The van der Waals surface area contributed by atoms with Crippen LogP contribution in [0.25, 0.3) is 0 Å². The second kappa shape index (κ2) is 8.71. The van der Waals surface area contributed by atoms with Crippen LogP contribution in [0.3, 0.4) is 0 Å². The molecule has 2 unspecified atom stereocenters. The molecule has 182 valence electrons. The largest absolute Gasteiger partial charge is 0.434 e. The van der Waals surface area contributed by atoms with E-state index in [1.165, 1.54) is 0 Å². The van der Waals surface area contributed by atoms with E-state index >= 15 is 4.39 Å².